The van der Waals surface area contributed by atoms with Crippen LogP contribution in [0, 0.1) is 18.7 Å². The third kappa shape index (κ3) is 3.87. The Kier molecular flexibility index (Phi) is 5.10. The minimum Gasteiger partial charge on any atom is -0.454 e. The van der Waals surface area contributed by atoms with E-state index in [0.717, 1.165) is 30.4 Å². The van der Waals surface area contributed by atoms with Crippen molar-refractivity contribution in [1.82, 2.24) is 10.1 Å². The molecule has 160 valence electrons. The van der Waals surface area contributed by atoms with Crippen LogP contribution >= 0.6 is 0 Å². The molecule has 1 fully saturated rings. The average Bonchev–Trinajstić information content (AvgIpc) is 3.41. The van der Waals surface area contributed by atoms with Crippen molar-refractivity contribution in [2.24, 2.45) is 5.92 Å². The van der Waals surface area contributed by atoms with Crippen LogP contribution in [-0.4, -0.2) is 35.8 Å². The smallest absolute Gasteiger partial charge is 0.259 e. The van der Waals surface area contributed by atoms with Gasteiger partial charge in [0.05, 0.1) is 5.69 Å². The summed E-state index contributed by atoms with van der Waals surface area (Å²) in [4.78, 5) is 15.2. The Hall–Kier alpha value is -3.35. The highest BCUT2D eigenvalue weighted by Gasteiger charge is 2.30. The van der Waals surface area contributed by atoms with Gasteiger partial charge in [-0.05, 0) is 68.0 Å². The van der Waals surface area contributed by atoms with Gasteiger partial charge in [-0.15, -0.1) is 0 Å². The molecule has 1 aromatic heterocycles. The lowest BCUT2D eigenvalue weighted by molar-refractivity contribution is 0.0690. The number of ether oxygens (including phenoxy) is 2. The van der Waals surface area contributed by atoms with Gasteiger partial charge in [0.25, 0.3) is 5.91 Å². The fourth-order valence-corrected chi connectivity index (χ4v) is 4.31. The van der Waals surface area contributed by atoms with Crippen molar-refractivity contribution in [2.75, 3.05) is 19.9 Å². The van der Waals surface area contributed by atoms with E-state index in [1.54, 1.807) is 6.92 Å². The van der Waals surface area contributed by atoms with Gasteiger partial charge in [0, 0.05) is 18.7 Å². The number of aromatic nitrogens is 1. The van der Waals surface area contributed by atoms with Crippen molar-refractivity contribution < 1.29 is 23.2 Å². The molecule has 0 radical (unpaired) electrons. The second-order valence-electron chi connectivity index (χ2n) is 8.11. The highest BCUT2D eigenvalue weighted by molar-refractivity contribution is 6.00. The molecule has 7 heteroatoms. The van der Waals surface area contributed by atoms with Crippen molar-refractivity contribution in [3.63, 3.8) is 0 Å². The Bertz CT molecular complexity index is 1100. The molecule has 2 aromatic carbocycles. The predicted molar refractivity (Wildman–Crippen MR) is 112 cm³/mol. The Morgan fingerprint density at radius 1 is 1.10 bits per heavy atom. The molecule has 0 N–H and O–H groups in total. The normalized spacial score (nSPS) is 16.0. The summed E-state index contributed by atoms with van der Waals surface area (Å²) in [6, 6.07) is 12.1. The standard InChI is InChI=1S/C24H23FN2O4/c1-15-22(23(31-26-15)18-4-7-20-21(13-18)30-14-29-20)24(28)27-10-8-17(9-11-27)12-16-2-5-19(25)6-3-16/h2-7,13,17H,8-12,14H2,1H3. The van der Waals surface area contributed by atoms with E-state index in [1.807, 2.05) is 35.2 Å². The van der Waals surface area contributed by atoms with Gasteiger partial charge in [0.1, 0.15) is 11.4 Å². The van der Waals surface area contributed by atoms with E-state index in [2.05, 4.69) is 5.16 Å². The highest BCUT2D eigenvalue weighted by atomic mass is 19.1. The zero-order valence-corrected chi connectivity index (χ0v) is 17.3. The molecular formula is C24H23FN2O4. The molecule has 0 saturated carbocycles. The van der Waals surface area contributed by atoms with Crippen LogP contribution in [0.25, 0.3) is 11.3 Å². The van der Waals surface area contributed by atoms with E-state index in [0.29, 0.717) is 47.5 Å². The number of likely N-dealkylation sites (tertiary alicyclic amines) is 1. The number of carbonyl (C=O) groups excluding carboxylic acids is 1. The van der Waals surface area contributed by atoms with E-state index < -0.39 is 0 Å². The highest BCUT2D eigenvalue weighted by Crippen LogP contribution is 2.38. The molecule has 2 aliphatic rings. The van der Waals surface area contributed by atoms with Crippen molar-refractivity contribution in [1.29, 1.82) is 0 Å². The summed E-state index contributed by atoms with van der Waals surface area (Å²) in [6.45, 7) is 3.33. The molecule has 1 saturated heterocycles. The largest absolute Gasteiger partial charge is 0.454 e. The number of amides is 1. The van der Waals surface area contributed by atoms with Gasteiger partial charge in [0.2, 0.25) is 6.79 Å². The molecule has 3 heterocycles. The Morgan fingerprint density at radius 2 is 1.84 bits per heavy atom. The van der Waals surface area contributed by atoms with Crippen LogP contribution < -0.4 is 9.47 Å². The average molecular weight is 422 g/mol. The molecular weight excluding hydrogens is 399 g/mol. The van der Waals surface area contributed by atoms with E-state index in [-0.39, 0.29) is 18.5 Å². The van der Waals surface area contributed by atoms with Crippen LogP contribution in [0.2, 0.25) is 0 Å². The van der Waals surface area contributed by atoms with Gasteiger partial charge in [-0.2, -0.15) is 0 Å². The molecule has 5 rings (SSSR count). The predicted octanol–water partition coefficient (Wildman–Crippen LogP) is 4.61. The first-order chi connectivity index (χ1) is 15.1. The number of hydrogen-bond acceptors (Lipinski definition) is 5. The lowest BCUT2D eigenvalue weighted by atomic mass is 9.90. The van der Waals surface area contributed by atoms with E-state index in [9.17, 15) is 9.18 Å². The Morgan fingerprint density at radius 3 is 2.61 bits per heavy atom. The number of carbonyl (C=O) groups is 1. The van der Waals surface area contributed by atoms with E-state index in [4.69, 9.17) is 14.0 Å². The second-order valence-corrected chi connectivity index (χ2v) is 8.11. The van der Waals surface area contributed by atoms with Crippen molar-refractivity contribution >= 4 is 5.91 Å². The molecule has 31 heavy (non-hydrogen) atoms. The van der Waals surface area contributed by atoms with Crippen molar-refractivity contribution in [3.05, 3.63) is 65.1 Å². The summed E-state index contributed by atoms with van der Waals surface area (Å²) in [6.07, 6.45) is 2.72. The number of fused-ring (bicyclic) bond motifs is 1. The fraction of sp³-hybridized carbons (Fsp3) is 0.333. The molecule has 1 amide bonds. The maximum atomic E-state index is 13.3. The number of nitrogens with zero attached hydrogens (tertiary/aromatic N) is 2. The van der Waals surface area contributed by atoms with Crippen molar-refractivity contribution in [2.45, 2.75) is 26.2 Å². The molecule has 0 aliphatic carbocycles. The molecule has 3 aromatic rings. The Labute approximate surface area is 179 Å². The summed E-state index contributed by atoms with van der Waals surface area (Å²) in [7, 11) is 0. The van der Waals surface area contributed by atoms with Crippen LogP contribution in [0.4, 0.5) is 4.39 Å². The number of hydrogen-bond donors (Lipinski definition) is 0. The molecule has 0 unspecified atom stereocenters. The van der Waals surface area contributed by atoms with Crippen LogP contribution in [0.15, 0.2) is 47.0 Å². The second kappa shape index (κ2) is 8.06. The SMILES string of the molecule is Cc1noc(-c2ccc3c(c2)OCO3)c1C(=O)N1CCC(Cc2ccc(F)cc2)CC1. The zero-order chi connectivity index (χ0) is 21.4. The summed E-state index contributed by atoms with van der Waals surface area (Å²) in [5, 5.41) is 4.06. The van der Waals surface area contributed by atoms with Gasteiger partial charge < -0.3 is 18.9 Å². The summed E-state index contributed by atoms with van der Waals surface area (Å²) in [5.74, 6) is 1.96. The lowest BCUT2D eigenvalue weighted by Gasteiger charge is -2.32. The van der Waals surface area contributed by atoms with Gasteiger partial charge >= 0.3 is 0 Å². The summed E-state index contributed by atoms with van der Waals surface area (Å²) < 4.78 is 29.5. The quantitative estimate of drug-likeness (QED) is 0.614. The van der Waals surface area contributed by atoms with Crippen molar-refractivity contribution in [3.8, 4) is 22.8 Å². The van der Waals surface area contributed by atoms with Crippen LogP contribution in [0.1, 0.15) is 34.5 Å². The number of rotatable bonds is 4. The van der Waals surface area contributed by atoms with Gasteiger partial charge in [0.15, 0.2) is 17.3 Å². The first-order valence-electron chi connectivity index (χ1n) is 10.5. The van der Waals surface area contributed by atoms with Gasteiger partial charge in [-0.25, -0.2) is 4.39 Å². The maximum absolute atomic E-state index is 13.3. The minimum atomic E-state index is -0.216. The summed E-state index contributed by atoms with van der Waals surface area (Å²) in [5.41, 5.74) is 2.94. The zero-order valence-electron chi connectivity index (χ0n) is 17.3. The van der Waals surface area contributed by atoms with E-state index in [1.165, 1.54) is 12.1 Å². The van der Waals surface area contributed by atoms with Crippen LogP contribution in [0.3, 0.4) is 0 Å². The Balaban J connectivity index is 1.29. The third-order valence-electron chi connectivity index (χ3n) is 6.05. The van der Waals surface area contributed by atoms with Gasteiger partial charge in [-0.1, -0.05) is 17.3 Å². The van der Waals surface area contributed by atoms with Gasteiger partial charge in [-0.3, -0.25) is 4.79 Å². The molecule has 0 bridgehead atoms. The molecule has 0 spiro atoms. The van der Waals surface area contributed by atoms with E-state index >= 15 is 0 Å². The number of aryl methyl sites for hydroxylation is 1. The number of halogens is 1. The third-order valence-corrected chi connectivity index (χ3v) is 6.05. The molecule has 2 aliphatic heterocycles. The first-order valence-corrected chi connectivity index (χ1v) is 10.5. The van der Waals surface area contributed by atoms with Crippen LogP contribution in [0.5, 0.6) is 11.5 Å². The van der Waals surface area contributed by atoms with Crippen LogP contribution in [-0.2, 0) is 6.42 Å². The first kappa shape index (κ1) is 19.6. The summed E-state index contributed by atoms with van der Waals surface area (Å²) >= 11 is 0. The number of benzene rings is 2. The maximum Gasteiger partial charge on any atom is 0.259 e. The lowest BCUT2D eigenvalue weighted by Crippen LogP contribution is -2.39. The minimum absolute atomic E-state index is 0.0633. The molecule has 6 nitrogen and oxygen atoms in total. The fourth-order valence-electron chi connectivity index (χ4n) is 4.31. The molecule has 0 atom stereocenters. The topological polar surface area (TPSA) is 64.8 Å². The number of piperidine rings is 1. The monoisotopic (exact) mass is 422 g/mol.